The summed E-state index contributed by atoms with van der Waals surface area (Å²) in [5.41, 5.74) is 2.32. The first-order chi connectivity index (χ1) is 27.2. The van der Waals surface area contributed by atoms with Crippen LogP contribution in [0.1, 0.15) is 23.1 Å². The molecule has 2 atom stereocenters. The van der Waals surface area contributed by atoms with Gasteiger partial charge in [0.1, 0.15) is 25.8 Å². The maximum Gasteiger partial charge on any atom is 1.00 e. The second kappa shape index (κ2) is 19.6. The van der Waals surface area contributed by atoms with E-state index in [0.717, 1.165) is 5.56 Å². The molecule has 0 aliphatic carbocycles. The fraction of sp³-hybridized carbons (Fsp3) is 0.225. The van der Waals surface area contributed by atoms with Crippen LogP contribution in [0.25, 0.3) is 10.9 Å². The number of hydrogen-bond acceptors (Lipinski definition) is 10. The predicted octanol–water partition coefficient (Wildman–Crippen LogP) is -2.27. The standard InChI is InChI=1S/C40H39ClN5O9PS.2Na/c1-2-22-43-27-38(48)45-35(24-29-11-16-33(17-12-29)55-56(50,51)52)40(49)42(26-36(45)46(43)37(47)20-13-28-7-4-3-5-8-28)25-31-10-6-9-30-21-23-44(39(30)31)57(53,54)34-18-14-32(41)15-19-34;;/h2-12,14-19,21,23,35-36H,1,13,20,22,24-27H2,(H2,50,51,52);;/q;2*+1/p-2/t35-,36-;;/m0../s1. The summed E-state index contributed by atoms with van der Waals surface area (Å²) in [5, 5.41) is 4.14. The summed E-state index contributed by atoms with van der Waals surface area (Å²) < 4.78 is 44.8. The van der Waals surface area contributed by atoms with E-state index >= 15 is 0 Å². The third kappa shape index (κ3) is 10.4. The molecule has 3 amide bonds. The summed E-state index contributed by atoms with van der Waals surface area (Å²) >= 11 is 6.05. The normalized spacial score (nSPS) is 17.2. The predicted molar refractivity (Wildman–Crippen MR) is 208 cm³/mol. The van der Waals surface area contributed by atoms with Gasteiger partial charge in [-0.05, 0) is 65.6 Å². The number of phosphoric ester groups is 1. The molecule has 0 bridgehead atoms. The quantitative estimate of drug-likeness (QED) is 0.0714. The van der Waals surface area contributed by atoms with Crippen molar-refractivity contribution in [2.24, 2.45) is 0 Å². The van der Waals surface area contributed by atoms with Gasteiger partial charge in [0.15, 0.2) is 0 Å². The van der Waals surface area contributed by atoms with Gasteiger partial charge in [-0.3, -0.25) is 14.4 Å². The molecule has 296 valence electrons. The third-order valence-corrected chi connectivity index (χ3v) is 12.3. The smallest absolute Gasteiger partial charge is 0.780 e. The van der Waals surface area contributed by atoms with E-state index in [1.54, 1.807) is 35.4 Å². The SMILES string of the molecule is C=CCN1CC(=O)N2[C@@H](Cc3ccc(OP(=O)([O-])[O-])cc3)C(=O)N(Cc3cccc4ccn(S(=O)(=O)c5ccc(Cl)cc5)c34)C[C@@H]2N1C(=O)CCc1ccccc1.[Na+].[Na+]. The summed E-state index contributed by atoms with van der Waals surface area (Å²) in [4.78, 5) is 68.5. The second-order valence-electron chi connectivity index (χ2n) is 13.7. The Labute approximate surface area is 391 Å². The van der Waals surface area contributed by atoms with Gasteiger partial charge in [0.25, 0.3) is 10.0 Å². The molecular formula is C40H37ClN5Na2O9PS. The number of aryl methyl sites for hydroxylation is 1. The van der Waals surface area contributed by atoms with Gasteiger partial charge in [0.2, 0.25) is 17.7 Å². The first kappa shape index (κ1) is 46.8. The number of aromatic nitrogens is 1. The fourth-order valence-corrected chi connectivity index (χ4v) is 9.34. The number of para-hydroxylation sites is 1. The van der Waals surface area contributed by atoms with Crippen molar-refractivity contribution < 1.29 is 101 Å². The Morgan fingerprint density at radius 3 is 2.27 bits per heavy atom. The molecule has 1 aromatic heterocycles. The number of halogens is 1. The molecule has 0 unspecified atom stereocenters. The molecule has 2 aliphatic rings. The molecular weight excluding hydrogens is 839 g/mol. The van der Waals surface area contributed by atoms with Crippen LogP contribution in [0, 0.1) is 0 Å². The van der Waals surface area contributed by atoms with Gasteiger partial charge in [-0.2, -0.15) is 0 Å². The van der Waals surface area contributed by atoms with Gasteiger partial charge >= 0.3 is 59.1 Å². The number of amides is 3. The van der Waals surface area contributed by atoms with Crippen molar-refractivity contribution in [1.29, 1.82) is 0 Å². The van der Waals surface area contributed by atoms with Crippen molar-refractivity contribution in [3.63, 3.8) is 0 Å². The second-order valence-corrected chi connectivity index (χ2v) is 17.0. The maximum absolute atomic E-state index is 14.7. The third-order valence-electron chi connectivity index (χ3n) is 9.96. The van der Waals surface area contributed by atoms with Crippen LogP contribution in [0.2, 0.25) is 5.02 Å². The van der Waals surface area contributed by atoms with Crippen LogP contribution >= 0.6 is 19.4 Å². The summed E-state index contributed by atoms with van der Waals surface area (Å²) in [6.07, 6.45) is 2.59. The fourth-order valence-electron chi connectivity index (χ4n) is 7.44. The van der Waals surface area contributed by atoms with E-state index in [0.29, 0.717) is 33.5 Å². The topological polar surface area (TPSA) is 176 Å². The molecule has 0 spiro atoms. The van der Waals surface area contributed by atoms with Gasteiger partial charge in [0.05, 0.1) is 23.5 Å². The number of hydrogen-bond donors (Lipinski definition) is 0. The molecule has 7 rings (SSSR count). The summed E-state index contributed by atoms with van der Waals surface area (Å²) in [7, 11) is -9.43. The molecule has 59 heavy (non-hydrogen) atoms. The summed E-state index contributed by atoms with van der Waals surface area (Å²) in [6.45, 7) is 3.64. The van der Waals surface area contributed by atoms with Crippen molar-refractivity contribution in [3.8, 4) is 5.75 Å². The average Bonchev–Trinajstić information content (AvgIpc) is 3.63. The number of benzene rings is 4. The van der Waals surface area contributed by atoms with Gasteiger partial charge in [0, 0.05) is 42.5 Å². The minimum Gasteiger partial charge on any atom is -0.780 e. The van der Waals surface area contributed by atoms with Gasteiger partial charge in [-0.15, -0.1) is 6.58 Å². The zero-order chi connectivity index (χ0) is 40.5. The van der Waals surface area contributed by atoms with E-state index in [-0.39, 0.29) is 115 Å². The molecule has 14 nitrogen and oxygen atoms in total. The monoisotopic (exact) mass is 875 g/mol. The molecule has 4 aromatic carbocycles. The van der Waals surface area contributed by atoms with E-state index in [2.05, 4.69) is 11.1 Å². The number of fused-ring (bicyclic) bond motifs is 2. The maximum atomic E-state index is 14.7. The Morgan fingerprint density at radius 1 is 0.915 bits per heavy atom. The van der Waals surface area contributed by atoms with Crippen molar-refractivity contribution in [2.45, 2.75) is 42.9 Å². The summed E-state index contributed by atoms with van der Waals surface area (Å²) in [5.74, 6) is -1.33. The number of carbonyl (C=O) groups excluding carboxylic acids is 3. The van der Waals surface area contributed by atoms with E-state index in [9.17, 15) is 37.2 Å². The zero-order valence-electron chi connectivity index (χ0n) is 32.4. The van der Waals surface area contributed by atoms with Crippen molar-refractivity contribution in [1.82, 2.24) is 23.8 Å². The number of piperazine rings is 1. The molecule has 2 saturated heterocycles. The van der Waals surface area contributed by atoms with E-state index < -0.39 is 41.9 Å². The first-order valence-electron chi connectivity index (χ1n) is 18.0. The van der Waals surface area contributed by atoms with Crippen LogP contribution in [0.3, 0.4) is 0 Å². The van der Waals surface area contributed by atoms with E-state index in [1.807, 2.05) is 30.3 Å². The number of phosphoric acid groups is 1. The molecule has 3 heterocycles. The van der Waals surface area contributed by atoms with Crippen LogP contribution in [-0.4, -0.2) is 81.8 Å². The molecule has 0 radical (unpaired) electrons. The van der Waals surface area contributed by atoms with E-state index in [1.165, 1.54) is 73.5 Å². The van der Waals surface area contributed by atoms with Gasteiger partial charge in [-0.25, -0.2) is 22.4 Å². The number of carbonyl (C=O) groups is 3. The van der Waals surface area contributed by atoms with Gasteiger partial charge < -0.3 is 28.7 Å². The molecule has 2 fully saturated rings. The van der Waals surface area contributed by atoms with Crippen LogP contribution in [0.5, 0.6) is 5.75 Å². The van der Waals surface area contributed by atoms with Crippen LogP contribution in [-0.2, 0) is 48.4 Å². The molecule has 19 heteroatoms. The number of nitrogens with zero attached hydrogens (tertiary/aromatic N) is 5. The minimum atomic E-state index is -5.33. The molecule has 2 aliphatic heterocycles. The largest absolute Gasteiger partial charge is 1.00 e. The number of rotatable bonds is 13. The zero-order valence-corrected chi connectivity index (χ0v) is 38.9. The minimum absolute atomic E-state index is 0. The molecule has 0 saturated carbocycles. The number of hydrazine groups is 1. The Morgan fingerprint density at radius 2 is 1.61 bits per heavy atom. The Balaban J connectivity index is 0.00000331. The Hall–Kier alpha value is -3.28. The Bertz CT molecular complexity index is 2490. The summed E-state index contributed by atoms with van der Waals surface area (Å²) in [6, 6.07) is 26.6. The molecule has 5 aromatic rings. The van der Waals surface area contributed by atoms with Crippen molar-refractivity contribution in [2.75, 3.05) is 19.6 Å². The van der Waals surface area contributed by atoms with Gasteiger partial charge in [-0.1, -0.05) is 78.3 Å². The van der Waals surface area contributed by atoms with Crippen LogP contribution in [0.15, 0.2) is 127 Å². The van der Waals surface area contributed by atoms with Crippen LogP contribution < -0.4 is 73.4 Å². The van der Waals surface area contributed by atoms with Crippen molar-refractivity contribution in [3.05, 3.63) is 144 Å². The van der Waals surface area contributed by atoms with Crippen molar-refractivity contribution >= 4 is 58.1 Å². The van der Waals surface area contributed by atoms with Crippen LogP contribution in [0.4, 0.5) is 0 Å². The Kier molecular flexibility index (Phi) is 15.6. The first-order valence-corrected chi connectivity index (χ1v) is 21.2. The average molecular weight is 876 g/mol. The molecule has 0 N–H and O–H groups in total. The van der Waals surface area contributed by atoms with E-state index in [4.69, 9.17) is 11.6 Å².